The summed E-state index contributed by atoms with van der Waals surface area (Å²) >= 11 is 0. The highest BCUT2D eigenvalue weighted by Crippen LogP contribution is 2.24. The van der Waals surface area contributed by atoms with Gasteiger partial charge in [0.05, 0.1) is 17.0 Å². The van der Waals surface area contributed by atoms with Crippen molar-refractivity contribution in [3.63, 3.8) is 0 Å². The molecule has 0 unspecified atom stereocenters. The molecule has 5 heteroatoms. The molecule has 2 aromatic rings. The van der Waals surface area contributed by atoms with Gasteiger partial charge in [0.2, 0.25) is 10.0 Å². The third kappa shape index (κ3) is 2.46. The minimum absolute atomic E-state index is 0.0650. The number of sulfonamides is 1. The molecule has 2 rings (SSSR count). The fourth-order valence-electron chi connectivity index (χ4n) is 1.91. The topological polar surface area (TPSA) is 50.3 Å². The number of aromatic nitrogens is 1. The maximum Gasteiger partial charge on any atom is 0.244 e. The Balaban J connectivity index is 2.64. The maximum atomic E-state index is 12.6. The molecule has 1 heterocycles. The van der Waals surface area contributed by atoms with E-state index in [4.69, 9.17) is 6.42 Å². The summed E-state index contributed by atoms with van der Waals surface area (Å²) in [5, 5.41) is 0.612. The summed E-state index contributed by atoms with van der Waals surface area (Å²) in [6.07, 6.45) is 6.86. The predicted molar refractivity (Wildman–Crippen MR) is 75.0 cm³/mol. The second-order valence-corrected chi connectivity index (χ2v) is 5.87. The quantitative estimate of drug-likeness (QED) is 0.800. The van der Waals surface area contributed by atoms with E-state index in [1.807, 2.05) is 0 Å². The van der Waals surface area contributed by atoms with Crippen molar-refractivity contribution in [2.75, 3.05) is 13.1 Å². The Labute approximate surface area is 113 Å². The Morgan fingerprint density at radius 2 is 2.11 bits per heavy atom. The average molecular weight is 274 g/mol. The van der Waals surface area contributed by atoms with E-state index in [1.54, 1.807) is 43.5 Å². The molecule has 0 saturated heterocycles. The minimum atomic E-state index is -3.59. The molecule has 0 fully saturated rings. The smallest absolute Gasteiger partial charge is 0.244 e. The van der Waals surface area contributed by atoms with Crippen LogP contribution in [0.1, 0.15) is 6.92 Å². The van der Waals surface area contributed by atoms with Gasteiger partial charge in [0.1, 0.15) is 0 Å². The van der Waals surface area contributed by atoms with E-state index in [2.05, 4.69) is 10.9 Å². The molecular formula is C14H14N2O2S. The van der Waals surface area contributed by atoms with Gasteiger partial charge in [0.25, 0.3) is 0 Å². The normalized spacial score (nSPS) is 11.6. The number of hydrogen-bond acceptors (Lipinski definition) is 3. The SMILES string of the molecule is C#CCN(CC)S(=O)(=O)c1cccc2ncccc12. The standard InChI is InChI=1S/C14H14N2O2S/c1-3-11-16(4-2)19(17,18)14-9-5-8-13-12(14)7-6-10-15-13/h1,5-10H,4,11H2,2H3. The Morgan fingerprint density at radius 3 is 2.79 bits per heavy atom. The fourth-order valence-corrected chi connectivity index (χ4v) is 3.47. The van der Waals surface area contributed by atoms with Crippen LogP contribution in [0.4, 0.5) is 0 Å². The van der Waals surface area contributed by atoms with Crippen molar-refractivity contribution < 1.29 is 8.42 Å². The maximum absolute atomic E-state index is 12.6. The van der Waals surface area contributed by atoms with Gasteiger partial charge in [-0.25, -0.2) is 8.42 Å². The van der Waals surface area contributed by atoms with Gasteiger partial charge in [0.15, 0.2) is 0 Å². The third-order valence-electron chi connectivity index (χ3n) is 2.84. The molecule has 0 amide bonds. The van der Waals surface area contributed by atoms with Crippen molar-refractivity contribution in [1.82, 2.24) is 9.29 Å². The number of hydrogen-bond donors (Lipinski definition) is 0. The van der Waals surface area contributed by atoms with E-state index in [9.17, 15) is 8.42 Å². The van der Waals surface area contributed by atoms with Crippen LogP contribution < -0.4 is 0 Å². The molecule has 0 aliphatic heterocycles. The van der Waals surface area contributed by atoms with Crippen LogP contribution in [0.2, 0.25) is 0 Å². The summed E-state index contributed by atoms with van der Waals surface area (Å²) in [7, 11) is -3.59. The summed E-state index contributed by atoms with van der Waals surface area (Å²) in [5.41, 5.74) is 0.653. The lowest BCUT2D eigenvalue weighted by atomic mass is 10.2. The summed E-state index contributed by atoms with van der Waals surface area (Å²) in [6, 6.07) is 8.52. The van der Waals surface area contributed by atoms with E-state index < -0.39 is 10.0 Å². The largest absolute Gasteiger partial charge is 0.256 e. The summed E-state index contributed by atoms with van der Waals surface area (Å²) in [4.78, 5) is 4.41. The van der Waals surface area contributed by atoms with Crippen molar-refractivity contribution in [2.24, 2.45) is 0 Å². The molecule has 0 aliphatic carbocycles. The van der Waals surface area contributed by atoms with Crippen LogP contribution in [0, 0.1) is 12.3 Å². The molecule has 0 radical (unpaired) electrons. The van der Waals surface area contributed by atoms with Gasteiger partial charge in [-0.05, 0) is 24.3 Å². The zero-order valence-corrected chi connectivity index (χ0v) is 11.4. The molecule has 1 aromatic carbocycles. The van der Waals surface area contributed by atoms with Crippen LogP contribution in [-0.2, 0) is 10.0 Å². The lowest BCUT2D eigenvalue weighted by Crippen LogP contribution is -2.31. The first-order chi connectivity index (χ1) is 9.11. The van der Waals surface area contributed by atoms with Gasteiger partial charge in [-0.1, -0.05) is 18.9 Å². The molecule has 98 valence electrons. The Hall–Kier alpha value is -1.90. The predicted octanol–water partition coefficient (Wildman–Crippen LogP) is 1.88. The third-order valence-corrected chi connectivity index (χ3v) is 4.82. The second-order valence-electron chi connectivity index (χ2n) is 3.96. The van der Waals surface area contributed by atoms with E-state index in [-0.39, 0.29) is 11.4 Å². The van der Waals surface area contributed by atoms with Crippen LogP contribution in [0.15, 0.2) is 41.4 Å². The van der Waals surface area contributed by atoms with Gasteiger partial charge < -0.3 is 0 Å². The zero-order chi connectivity index (χ0) is 13.9. The fraction of sp³-hybridized carbons (Fsp3) is 0.214. The molecule has 1 aromatic heterocycles. The van der Waals surface area contributed by atoms with Crippen LogP contribution in [0.5, 0.6) is 0 Å². The summed E-state index contributed by atoms with van der Waals surface area (Å²) in [6.45, 7) is 2.16. The highest BCUT2D eigenvalue weighted by Gasteiger charge is 2.24. The van der Waals surface area contributed by atoms with Gasteiger partial charge in [0, 0.05) is 18.1 Å². The molecule has 4 nitrogen and oxygen atoms in total. The van der Waals surface area contributed by atoms with Crippen LogP contribution in [0.3, 0.4) is 0 Å². The van der Waals surface area contributed by atoms with Crippen molar-refractivity contribution in [3.8, 4) is 12.3 Å². The molecule has 0 bridgehead atoms. The lowest BCUT2D eigenvalue weighted by molar-refractivity contribution is 0.465. The van der Waals surface area contributed by atoms with E-state index in [0.717, 1.165) is 0 Å². The Bertz CT molecular complexity index is 727. The molecular weight excluding hydrogens is 260 g/mol. The molecule has 0 spiro atoms. The first-order valence-electron chi connectivity index (χ1n) is 5.88. The number of rotatable bonds is 4. The van der Waals surface area contributed by atoms with E-state index >= 15 is 0 Å². The van der Waals surface area contributed by atoms with Crippen LogP contribution in [-0.4, -0.2) is 30.8 Å². The molecule has 0 aliphatic rings. The monoisotopic (exact) mass is 274 g/mol. The summed E-state index contributed by atoms with van der Waals surface area (Å²) in [5.74, 6) is 2.37. The molecule has 0 N–H and O–H groups in total. The Kier molecular flexibility index (Phi) is 3.84. The van der Waals surface area contributed by atoms with Gasteiger partial charge >= 0.3 is 0 Å². The van der Waals surface area contributed by atoms with E-state index in [0.29, 0.717) is 17.4 Å². The lowest BCUT2D eigenvalue weighted by Gasteiger charge is -2.18. The Morgan fingerprint density at radius 1 is 1.32 bits per heavy atom. The van der Waals surface area contributed by atoms with Gasteiger partial charge in [-0.15, -0.1) is 6.42 Å². The second kappa shape index (κ2) is 5.39. The number of fused-ring (bicyclic) bond motifs is 1. The van der Waals surface area contributed by atoms with Crippen molar-refractivity contribution in [2.45, 2.75) is 11.8 Å². The number of nitrogens with zero attached hydrogens (tertiary/aromatic N) is 2. The number of terminal acetylenes is 1. The average Bonchev–Trinajstić information content (AvgIpc) is 2.43. The van der Waals surface area contributed by atoms with Crippen LogP contribution in [0.25, 0.3) is 10.9 Å². The highest BCUT2D eigenvalue weighted by atomic mass is 32.2. The zero-order valence-electron chi connectivity index (χ0n) is 10.6. The highest BCUT2D eigenvalue weighted by molar-refractivity contribution is 7.89. The van der Waals surface area contributed by atoms with Gasteiger partial charge in [-0.3, -0.25) is 4.98 Å². The first kappa shape index (κ1) is 13.5. The minimum Gasteiger partial charge on any atom is -0.256 e. The van der Waals surface area contributed by atoms with Crippen LogP contribution >= 0.6 is 0 Å². The van der Waals surface area contributed by atoms with Crippen molar-refractivity contribution >= 4 is 20.9 Å². The van der Waals surface area contributed by atoms with Crippen molar-refractivity contribution in [3.05, 3.63) is 36.5 Å². The molecule has 19 heavy (non-hydrogen) atoms. The number of pyridine rings is 1. The summed E-state index contributed by atoms with van der Waals surface area (Å²) < 4.78 is 26.4. The van der Waals surface area contributed by atoms with E-state index in [1.165, 1.54) is 4.31 Å². The molecule has 0 saturated carbocycles. The first-order valence-corrected chi connectivity index (χ1v) is 7.32. The molecule has 0 atom stereocenters. The van der Waals surface area contributed by atoms with Crippen molar-refractivity contribution in [1.29, 1.82) is 0 Å². The number of benzene rings is 1. The van der Waals surface area contributed by atoms with Gasteiger partial charge in [-0.2, -0.15) is 4.31 Å².